The van der Waals surface area contributed by atoms with Crippen molar-refractivity contribution in [1.82, 2.24) is 4.98 Å². The third-order valence-corrected chi connectivity index (χ3v) is 4.78. The lowest BCUT2D eigenvalue weighted by Gasteiger charge is -2.27. The average Bonchev–Trinajstić information content (AvgIpc) is 2.90. The summed E-state index contributed by atoms with van der Waals surface area (Å²) in [5.74, 6) is 0. The minimum absolute atomic E-state index is 0.814. The van der Waals surface area contributed by atoms with Crippen molar-refractivity contribution in [3.8, 4) is 0 Å². The molecule has 1 fully saturated rings. The van der Waals surface area contributed by atoms with Gasteiger partial charge in [0.1, 0.15) is 5.00 Å². The Labute approximate surface area is 129 Å². The highest BCUT2D eigenvalue weighted by Gasteiger charge is 2.17. The van der Waals surface area contributed by atoms with Crippen LogP contribution in [0.1, 0.15) is 11.3 Å². The molecule has 1 aliphatic heterocycles. The van der Waals surface area contributed by atoms with Gasteiger partial charge in [-0.3, -0.25) is 0 Å². The second-order valence-corrected chi connectivity index (χ2v) is 6.15. The Hall–Kier alpha value is -1.59. The lowest BCUT2D eigenvalue weighted by atomic mass is 10.2. The number of hydrogen-bond acceptors (Lipinski definition) is 5. The largest absolute Gasteiger partial charge is 0.378 e. The summed E-state index contributed by atoms with van der Waals surface area (Å²) in [4.78, 5) is 7.02. The van der Waals surface area contributed by atoms with Crippen molar-refractivity contribution in [3.05, 3.63) is 41.6 Å². The number of rotatable bonds is 5. The van der Waals surface area contributed by atoms with Gasteiger partial charge in [-0.25, -0.2) is 4.98 Å². The van der Waals surface area contributed by atoms with Gasteiger partial charge in [-0.15, -0.1) is 0 Å². The number of benzene rings is 1. The molecule has 3 rings (SSSR count). The van der Waals surface area contributed by atoms with Gasteiger partial charge < -0.3 is 15.0 Å². The van der Waals surface area contributed by atoms with E-state index in [1.807, 2.05) is 0 Å². The van der Waals surface area contributed by atoms with Crippen LogP contribution in [0.15, 0.2) is 30.3 Å². The van der Waals surface area contributed by atoms with Crippen molar-refractivity contribution in [2.24, 2.45) is 0 Å². The van der Waals surface area contributed by atoms with Crippen LogP contribution >= 0.6 is 11.3 Å². The fourth-order valence-electron chi connectivity index (χ4n) is 2.48. The number of nitrogens with one attached hydrogen (secondary N) is 1. The Morgan fingerprint density at radius 2 is 2.00 bits per heavy atom. The van der Waals surface area contributed by atoms with Gasteiger partial charge >= 0.3 is 0 Å². The Morgan fingerprint density at radius 1 is 1.24 bits per heavy atom. The first-order valence-electron chi connectivity index (χ1n) is 7.41. The molecule has 0 amide bonds. The van der Waals surface area contributed by atoms with Crippen molar-refractivity contribution in [3.63, 3.8) is 0 Å². The molecule has 0 unspecified atom stereocenters. The highest BCUT2D eigenvalue weighted by atomic mass is 32.1. The first-order valence-corrected chi connectivity index (χ1v) is 8.22. The van der Waals surface area contributed by atoms with Crippen LogP contribution < -0.4 is 10.2 Å². The smallest absolute Gasteiger partial charge is 0.184 e. The molecule has 21 heavy (non-hydrogen) atoms. The van der Waals surface area contributed by atoms with Crippen LogP contribution in [0, 0.1) is 6.92 Å². The van der Waals surface area contributed by atoms with E-state index in [-0.39, 0.29) is 0 Å². The van der Waals surface area contributed by atoms with Crippen molar-refractivity contribution in [2.75, 3.05) is 43.1 Å². The highest BCUT2D eigenvalue weighted by Crippen LogP contribution is 2.31. The summed E-state index contributed by atoms with van der Waals surface area (Å²) < 4.78 is 5.41. The highest BCUT2D eigenvalue weighted by molar-refractivity contribution is 7.19. The quantitative estimate of drug-likeness (QED) is 0.921. The fraction of sp³-hybridized carbons (Fsp3) is 0.438. The van der Waals surface area contributed by atoms with Gasteiger partial charge in [0.2, 0.25) is 0 Å². The number of aromatic nitrogens is 1. The molecule has 5 heteroatoms. The van der Waals surface area contributed by atoms with Crippen LogP contribution in [0.25, 0.3) is 0 Å². The van der Waals surface area contributed by atoms with E-state index in [9.17, 15) is 0 Å². The van der Waals surface area contributed by atoms with Crippen LogP contribution in [0.4, 0.5) is 10.1 Å². The maximum absolute atomic E-state index is 5.41. The summed E-state index contributed by atoms with van der Waals surface area (Å²) in [6, 6.07) is 10.5. The van der Waals surface area contributed by atoms with Crippen molar-refractivity contribution >= 4 is 21.5 Å². The molecule has 2 heterocycles. The van der Waals surface area contributed by atoms with Crippen molar-refractivity contribution in [2.45, 2.75) is 13.3 Å². The third-order valence-electron chi connectivity index (χ3n) is 3.60. The average molecular weight is 303 g/mol. The molecule has 0 saturated carbocycles. The zero-order chi connectivity index (χ0) is 14.5. The standard InChI is InChI=1S/C16H21N3OS/c1-13-15(19-9-11-20-12-10-19)21-16(18-13)17-8-7-14-5-3-2-4-6-14/h2-6H,7-12H2,1H3,(H,17,18). The first-order chi connectivity index (χ1) is 10.3. The topological polar surface area (TPSA) is 37.4 Å². The third kappa shape index (κ3) is 3.74. The van der Waals surface area contributed by atoms with Crippen LogP contribution in [0.2, 0.25) is 0 Å². The first kappa shape index (κ1) is 14.4. The molecule has 0 bridgehead atoms. The van der Waals surface area contributed by atoms with Crippen LogP contribution in [-0.4, -0.2) is 37.8 Å². The lowest BCUT2D eigenvalue weighted by Crippen LogP contribution is -2.36. The summed E-state index contributed by atoms with van der Waals surface area (Å²) >= 11 is 1.75. The van der Waals surface area contributed by atoms with E-state index in [4.69, 9.17) is 4.74 Å². The molecule has 1 aliphatic rings. The zero-order valence-electron chi connectivity index (χ0n) is 12.3. The number of nitrogens with zero attached hydrogens (tertiary/aromatic N) is 2. The van der Waals surface area contributed by atoms with Crippen molar-refractivity contribution < 1.29 is 4.74 Å². The molecule has 2 aromatic rings. The van der Waals surface area contributed by atoms with Crippen LogP contribution in [0.5, 0.6) is 0 Å². The molecule has 1 aromatic heterocycles. The summed E-state index contributed by atoms with van der Waals surface area (Å²) in [6.07, 6.45) is 1.02. The van der Waals surface area contributed by atoms with Crippen molar-refractivity contribution in [1.29, 1.82) is 0 Å². The van der Waals surface area contributed by atoms with Gasteiger partial charge in [0.25, 0.3) is 0 Å². The molecular formula is C16H21N3OS. The molecule has 112 valence electrons. The predicted octanol–water partition coefficient (Wildman–Crippen LogP) is 2.94. The zero-order valence-corrected chi connectivity index (χ0v) is 13.2. The molecule has 0 aliphatic carbocycles. The summed E-state index contributed by atoms with van der Waals surface area (Å²) in [7, 11) is 0. The Kier molecular flexibility index (Phi) is 4.72. The number of ether oxygens (including phenoxy) is 1. The Balaban J connectivity index is 1.56. The Morgan fingerprint density at radius 3 is 2.76 bits per heavy atom. The minimum Gasteiger partial charge on any atom is -0.378 e. The fourth-order valence-corrected chi connectivity index (χ4v) is 3.53. The van der Waals surface area contributed by atoms with Gasteiger partial charge in [0, 0.05) is 19.6 Å². The molecular weight excluding hydrogens is 282 g/mol. The number of morpholine rings is 1. The minimum atomic E-state index is 0.814. The van der Waals surface area contributed by atoms with E-state index in [2.05, 4.69) is 52.5 Å². The SMILES string of the molecule is Cc1nc(NCCc2ccccc2)sc1N1CCOCC1. The van der Waals surface area contributed by atoms with Gasteiger partial charge in [0.05, 0.1) is 18.9 Å². The maximum Gasteiger partial charge on any atom is 0.184 e. The number of aryl methyl sites for hydroxylation is 1. The van der Waals surface area contributed by atoms with E-state index in [1.54, 1.807) is 11.3 Å². The summed E-state index contributed by atoms with van der Waals surface area (Å²) in [5, 5.41) is 5.74. The Bertz CT molecular complexity index is 564. The summed E-state index contributed by atoms with van der Waals surface area (Å²) in [6.45, 7) is 6.56. The van der Waals surface area contributed by atoms with Crippen LogP contribution in [0.3, 0.4) is 0 Å². The molecule has 0 atom stereocenters. The van der Waals surface area contributed by atoms with E-state index in [1.165, 1.54) is 10.6 Å². The number of hydrogen-bond donors (Lipinski definition) is 1. The monoisotopic (exact) mass is 303 g/mol. The van der Waals surface area contributed by atoms with E-state index >= 15 is 0 Å². The van der Waals surface area contributed by atoms with E-state index in [0.29, 0.717) is 0 Å². The summed E-state index contributed by atoms with van der Waals surface area (Å²) in [5.41, 5.74) is 2.47. The molecule has 1 saturated heterocycles. The molecule has 1 aromatic carbocycles. The predicted molar refractivity (Wildman–Crippen MR) is 88.5 cm³/mol. The van der Waals surface area contributed by atoms with Gasteiger partial charge in [-0.1, -0.05) is 41.7 Å². The second-order valence-electron chi connectivity index (χ2n) is 5.17. The molecule has 0 spiro atoms. The maximum atomic E-state index is 5.41. The van der Waals surface area contributed by atoms with Gasteiger partial charge in [-0.05, 0) is 18.9 Å². The number of anilines is 2. The lowest BCUT2D eigenvalue weighted by molar-refractivity contribution is 0.123. The molecule has 0 radical (unpaired) electrons. The second kappa shape index (κ2) is 6.91. The van der Waals surface area contributed by atoms with Gasteiger partial charge in [-0.2, -0.15) is 0 Å². The van der Waals surface area contributed by atoms with E-state index < -0.39 is 0 Å². The van der Waals surface area contributed by atoms with E-state index in [0.717, 1.165) is 50.1 Å². The normalized spacial score (nSPS) is 15.2. The molecule has 1 N–H and O–H groups in total. The molecule has 4 nitrogen and oxygen atoms in total. The van der Waals surface area contributed by atoms with Gasteiger partial charge in [0.15, 0.2) is 5.13 Å². The number of thiazole rings is 1. The van der Waals surface area contributed by atoms with Crippen LogP contribution in [-0.2, 0) is 11.2 Å².